The molecule has 0 radical (unpaired) electrons. The number of carbonyl (C=O) groups excluding carboxylic acids is 1. The molecule has 1 amide bonds. The Bertz CT molecular complexity index is 1200. The number of fused-ring (bicyclic) bond motifs is 2. The van der Waals surface area contributed by atoms with Crippen LogP contribution in [0.2, 0.25) is 0 Å². The van der Waals surface area contributed by atoms with Crippen LogP contribution in [-0.2, 0) is 0 Å². The van der Waals surface area contributed by atoms with Crippen molar-refractivity contribution in [2.24, 2.45) is 0 Å². The van der Waals surface area contributed by atoms with Crippen molar-refractivity contribution < 1.29 is 9.90 Å². The first-order valence-corrected chi connectivity index (χ1v) is 9.41. The van der Waals surface area contributed by atoms with Crippen molar-refractivity contribution in [1.29, 1.82) is 0 Å². The molecule has 6 nitrogen and oxygen atoms in total. The number of pyridine rings is 1. The van der Waals surface area contributed by atoms with Crippen molar-refractivity contribution in [1.82, 2.24) is 20.2 Å². The summed E-state index contributed by atoms with van der Waals surface area (Å²) >= 11 is 0. The average Bonchev–Trinajstić information content (AvgIpc) is 3.08. The fourth-order valence-corrected chi connectivity index (χ4v) is 3.84. The van der Waals surface area contributed by atoms with Gasteiger partial charge in [-0.2, -0.15) is 0 Å². The molecule has 1 aliphatic rings. The lowest BCUT2D eigenvalue weighted by atomic mass is 10.1. The summed E-state index contributed by atoms with van der Waals surface area (Å²) < 4.78 is 0. The third-order valence-corrected chi connectivity index (χ3v) is 5.28. The van der Waals surface area contributed by atoms with E-state index in [0.717, 1.165) is 48.0 Å². The van der Waals surface area contributed by atoms with E-state index in [9.17, 15) is 9.90 Å². The lowest BCUT2D eigenvalue weighted by Gasteiger charge is -2.27. The van der Waals surface area contributed by atoms with Crippen LogP contribution in [0.5, 0.6) is 5.88 Å². The fourth-order valence-electron chi connectivity index (χ4n) is 3.84. The highest BCUT2D eigenvalue weighted by Gasteiger charge is 2.19. The van der Waals surface area contributed by atoms with Gasteiger partial charge in [0, 0.05) is 48.0 Å². The van der Waals surface area contributed by atoms with Gasteiger partial charge in [0.05, 0.1) is 16.8 Å². The van der Waals surface area contributed by atoms with Gasteiger partial charge in [-0.15, -0.1) is 12.4 Å². The van der Waals surface area contributed by atoms with E-state index in [-0.39, 0.29) is 24.2 Å². The summed E-state index contributed by atoms with van der Waals surface area (Å²) in [5.74, 6) is 0.167. The first kappa shape index (κ1) is 19.2. The molecule has 5 rings (SSSR count). The van der Waals surface area contributed by atoms with E-state index >= 15 is 0 Å². The molecule has 0 aliphatic carbocycles. The number of carbonyl (C=O) groups is 1. The number of amides is 1. The van der Waals surface area contributed by atoms with E-state index < -0.39 is 0 Å². The van der Waals surface area contributed by atoms with E-state index in [1.807, 2.05) is 59.5 Å². The normalized spacial score (nSPS) is 14.1. The number of piperazine rings is 1. The average molecular weight is 409 g/mol. The number of aromatic amines is 1. The van der Waals surface area contributed by atoms with Crippen molar-refractivity contribution in [2.45, 2.75) is 0 Å². The molecule has 1 saturated heterocycles. The number of H-pyrrole nitrogens is 1. The second kappa shape index (κ2) is 7.73. The summed E-state index contributed by atoms with van der Waals surface area (Å²) in [6.45, 7) is 3.12. The molecule has 148 valence electrons. The van der Waals surface area contributed by atoms with Crippen LogP contribution in [0.4, 0.5) is 0 Å². The van der Waals surface area contributed by atoms with E-state index in [1.54, 1.807) is 0 Å². The molecule has 1 fully saturated rings. The summed E-state index contributed by atoms with van der Waals surface area (Å²) in [6.07, 6.45) is 0. The van der Waals surface area contributed by atoms with Crippen LogP contribution in [-0.4, -0.2) is 52.1 Å². The quantitative estimate of drug-likeness (QED) is 0.473. The Balaban J connectivity index is 0.00000205. The highest BCUT2D eigenvalue weighted by molar-refractivity contribution is 6.00. The maximum Gasteiger partial charge on any atom is 0.253 e. The van der Waals surface area contributed by atoms with Crippen LogP contribution >= 0.6 is 12.4 Å². The van der Waals surface area contributed by atoms with Gasteiger partial charge in [0.1, 0.15) is 0 Å². The SMILES string of the molecule is Cl.O=C(c1ccc2nc(-c3c(O)[nH]c4ccccc34)ccc2c1)N1CCNCC1. The van der Waals surface area contributed by atoms with Gasteiger partial charge in [0.2, 0.25) is 0 Å². The smallest absolute Gasteiger partial charge is 0.253 e. The van der Waals surface area contributed by atoms with Crippen LogP contribution < -0.4 is 5.32 Å². The van der Waals surface area contributed by atoms with Crippen molar-refractivity contribution in [3.8, 4) is 17.1 Å². The minimum atomic E-state index is 0. The Morgan fingerprint density at radius 1 is 1.03 bits per heavy atom. The number of hydrogen-bond donors (Lipinski definition) is 3. The fraction of sp³-hybridized carbons (Fsp3) is 0.182. The molecule has 2 aromatic heterocycles. The molecule has 1 aliphatic heterocycles. The predicted molar refractivity (Wildman–Crippen MR) is 117 cm³/mol. The monoisotopic (exact) mass is 408 g/mol. The number of nitrogens with zero attached hydrogens (tertiary/aromatic N) is 2. The van der Waals surface area contributed by atoms with E-state index in [0.29, 0.717) is 16.8 Å². The minimum absolute atomic E-state index is 0. The highest BCUT2D eigenvalue weighted by Crippen LogP contribution is 2.36. The van der Waals surface area contributed by atoms with Gasteiger partial charge >= 0.3 is 0 Å². The molecule has 3 heterocycles. The van der Waals surface area contributed by atoms with Crippen LogP contribution in [0, 0.1) is 0 Å². The number of para-hydroxylation sites is 1. The van der Waals surface area contributed by atoms with Gasteiger partial charge in [-0.1, -0.05) is 24.3 Å². The summed E-state index contributed by atoms with van der Waals surface area (Å²) in [5, 5.41) is 15.5. The van der Waals surface area contributed by atoms with Crippen LogP contribution in [0.3, 0.4) is 0 Å². The number of aromatic hydroxyl groups is 1. The van der Waals surface area contributed by atoms with Crippen LogP contribution in [0.15, 0.2) is 54.6 Å². The summed E-state index contributed by atoms with van der Waals surface area (Å²) in [6, 6.07) is 17.2. The summed E-state index contributed by atoms with van der Waals surface area (Å²) in [5.41, 5.74) is 3.73. The molecule has 29 heavy (non-hydrogen) atoms. The summed E-state index contributed by atoms with van der Waals surface area (Å²) in [7, 11) is 0. The number of halogens is 1. The lowest BCUT2D eigenvalue weighted by Crippen LogP contribution is -2.46. The minimum Gasteiger partial charge on any atom is -0.494 e. The molecule has 0 unspecified atom stereocenters. The van der Waals surface area contributed by atoms with E-state index in [2.05, 4.69) is 10.3 Å². The molecule has 0 spiro atoms. The molecule has 3 N–H and O–H groups in total. The number of aromatic nitrogens is 2. The zero-order chi connectivity index (χ0) is 19.1. The molecule has 7 heteroatoms. The van der Waals surface area contributed by atoms with Crippen molar-refractivity contribution >= 4 is 40.1 Å². The first-order chi connectivity index (χ1) is 13.7. The van der Waals surface area contributed by atoms with E-state index in [4.69, 9.17) is 4.98 Å². The van der Waals surface area contributed by atoms with Gasteiger partial charge in [-0.3, -0.25) is 4.79 Å². The van der Waals surface area contributed by atoms with Gasteiger partial charge < -0.3 is 20.3 Å². The molecule has 0 bridgehead atoms. The summed E-state index contributed by atoms with van der Waals surface area (Å²) in [4.78, 5) is 22.3. The number of rotatable bonds is 2. The highest BCUT2D eigenvalue weighted by atomic mass is 35.5. The Kier molecular flexibility index (Phi) is 5.13. The second-order valence-corrected chi connectivity index (χ2v) is 7.04. The third kappa shape index (κ3) is 3.41. The zero-order valence-electron chi connectivity index (χ0n) is 15.7. The molecular formula is C22H21ClN4O2. The predicted octanol–water partition coefficient (Wildman–Crippen LogP) is 3.56. The van der Waals surface area contributed by atoms with Gasteiger partial charge in [0.25, 0.3) is 5.91 Å². The maximum absolute atomic E-state index is 12.7. The number of benzene rings is 2. The molecular weight excluding hydrogens is 388 g/mol. The standard InChI is InChI=1S/C22H20N4O2.ClH/c27-21-20(16-3-1-2-4-18(16)25-21)19-8-5-14-13-15(6-7-17(14)24-19)22(28)26-11-9-23-10-12-26;/h1-8,13,23,25,27H,9-12H2;1H. The van der Waals surface area contributed by atoms with Crippen LogP contribution in [0.1, 0.15) is 10.4 Å². The topological polar surface area (TPSA) is 81.2 Å². The Morgan fingerprint density at radius 3 is 2.66 bits per heavy atom. The largest absolute Gasteiger partial charge is 0.494 e. The Labute approximate surface area is 174 Å². The first-order valence-electron chi connectivity index (χ1n) is 9.41. The Morgan fingerprint density at radius 2 is 1.83 bits per heavy atom. The number of hydrogen-bond acceptors (Lipinski definition) is 4. The zero-order valence-corrected chi connectivity index (χ0v) is 16.5. The molecule has 4 aromatic rings. The van der Waals surface area contributed by atoms with Crippen LogP contribution in [0.25, 0.3) is 33.1 Å². The van der Waals surface area contributed by atoms with Crippen molar-refractivity contribution in [3.05, 3.63) is 60.2 Å². The lowest BCUT2D eigenvalue weighted by molar-refractivity contribution is 0.0736. The van der Waals surface area contributed by atoms with Crippen molar-refractivity contribution in [2.75, 3.05) is 26.2 Å². The molecule has 0 saturated carbocycles. The van der Waals surface area contributed by atoms with Gasteiger partial charge in [-0.05, 0) is 30.3 Å². The van der Waals surface area contributed by atoms with Crippen molar-refractivity contribution in [3.63, 3.8) is 0 Å². The second-order valence-electron chi connectivity index (χ2n) is 7.04. The maximum atomic E-state index is 12.7. The van der Waals surface area contributed by atoms with Gasteiger partial charge in [-0.25, -0.2) is 4.98 Å². The van der Waals surface area contributed by atoms with E-state index in [1.165, 1.54) is 0 Å². The van der Waals surface area contributed by atoms with Gasteiger partial charge in [0.15, 0.2) is 5.88 Å². The molecule has 0 atom stereocenters. The number of nitrogens with one attached hydrogen (secondary N) is 2. The Hall–Kier alpha value is -3.09. The molecule has 2 aromatic carbocycles. The third-order valence-electron chi connectivity index (χ3n) is 5.28.